The molecule has 1 atom stereocenters. The van der Waals surface area contributed by atoms with Crippen LogP contribution in [0, 0.1) is 0 Å². The van der Waals surface area contributed by atoms with Crippen LogP contribution in [0.1, 0.15) is 89.5 Å². The third kappa shape index (κ3) is 9.57. The molecule has 0 aliphatic carbocycles. The van der Waals surface area contributed by atoms with Crippen LogP contribution in [-0.2, 0) is 10.1 Å². The van der Waals surface area contributed by atoms with Crippen molar-refractivity contribution in [3.63, 3.8) is 0 Å². The van der Waals surface area contributed by atoms with E-state index in [9.17, 15) is 13.0 Å². The molecule has 1 aromatic carbocycles. The van der Waals surface area contributed by atoms with Crippen molar-refractivity contribution < 1.29 is 42.5 Å². The van der Waals surface area contributed by atoms with Crippen LogP contribution in [0.5, 0.6) is 0 Å². The van der Waals surface area contributed by atoms with E-state index in [4.69, 9.17) is 0 Å². The summed E-state index contributed by atoms with van der Waals surface area (Å²) < 4.78 is 32.9. The van der Waals surface area contributed by atoms with Gasteiger partial charge in [0.25, 0.3) is 0 Å². The summed E-state index contributed by atoms with van der Waals surface area (Å²) in [5.41, 5.74) is 1.14. The van der Waals surface area contributed by atoms with E-state index < -0.39 is 10.1 Å². The smallest absolute Gasteiger partial charge is 0.744 e. The fraction of sp³-hybridized carbons (Fsp3) is 0.684. The van der Waals surface area contributed by atoms with Crippen molar-refractivity contribution in [3.05, 3.63) is 29.8 Å². The Morgan fingerprint density at radius 1 is 0.875 bits per heavy atom. The molecule has 3 nitrogen and oxygen atoms in total. The molecule has 1 aromatic rings. The molecule has 0 saturated heterocycles. The molecule has 24 heavy (non-hydrogen) atoms. The molecule has 0 aliphatic rings. The minimum Gasteiger partial charge on any atom is -0.744 e. The van der Waals surface area contributed by atoms with Crippen molar-refractivity contribution in [2.75, 3.05) is 0 Å². The quantitative estimate of drug-likeness (QED) is 0.326. The fourth-order valence-electron chi connectivity index (χ4n) is 3.04. The molecule has 132 valence electrons. The summed E-state index contributed by atoms with van der Waals surface area (Å²) in [6, 6.07) is 6.47. The van der Waals surface area contributed by atoms with Gasteiger partial charge in [0.15, 0.2) is 0 Å². The Labute approximate surface area is 170 Å². The number of benzene rings is 1. The van der Waals surface area contributed by atoms with Crippen LogP contribution in [0.25, 0.3) is 0 Å². The van der Waals surface area contributed by atoms with Gasteiger partial charge in [-0.25, -0.2) is 8.42 Å². The summed E-state index contributed by atoms with van der Waals surface area (Å²) >= 11 is 0. The van der Waals surface area contributed by atoms with Gasteiger partial charge in [-0.2, -0.15) is 0 Å². The van der Waals surface area contributed by atoms with Crippen LogP contribution in [0.4, 0.5) is 0 Å². The molecule has 0 aromatic heterocycles. The van der Waals surface area contributed by atoms with Crippen LogP contribution in [0.3, 0.4) is 0 Å². The van der Waals surface area contributed by atoms with E-state index in [1.54, 1.807) is 12.1 Å². The van der Waals surface area contributed by atoms with Crippen molar-refractivity contribution in [3.8, 4) is 0 Å². The second kappa shape index (κ2) is 13.3. The maximum Gasteiger partial charge on any atom is 1.00 e. The number of unbranched alkanes of at least 4 members (excludes halogenated alkanes) is 7. The Balaban J connectivity index is 0.00000529. The third-order valence-corrected chi connectivity index (χ3v) is 5.39. The molecule has 0 heterocycles. The van der Waals surface area contributed by atoms with Crippen LogP contribution in [-0.4, -0.2) is 13.0 Å². The van der Waals surface area contributed by atoms with E-state index in [0.717, 1.165) is 18.4 Å². The first-order valence-corrected chi connectivity index (χ1v) is 10.5. The molecule has 0 spiro atoms. The van der Waals surface area contributed by atoms with E-state index in [0.29, 0.717) is 5.92 Å². The molecule has 0 aliphatic heterocycles. The fourth-order valence-corrected chi connectivity index (χ4v) is 3.51. The molecule has 1 unspecified atom stereocenters. The van der Waals surface area contributed by atoms with Gasteiger partial charge in [-0.1, -0.05) is 77.3 Å². The van der Waals surface area contributed by atoms with Crippen LogP contribution >= 0.6 is 0 Å². The van der Waals surface area contributed by atoms with Gasteiger partial charge in [-0.15, -0.1) is 0 Å². The normalized spacial score (nSPS) is 12.6. The van der Waals surface area contributed by atoms with E-state index in [1.165, 1.54) is 63.5 Å². The van der Waals surface area contributed by atoms with E-state index in [2.05, 4.69) is 13.8 Å². The Morgan fingerprint density at radius 3 is 1.83 bits per heavy atom. The van der Waals surface area contributed by atoms with Crippen molar-refractivity contribution in [2.24, 2.45) is 0 Å². The maximum absolute atomic E-state index is 11.0. The minimum absolute atomic E-state index is 0. The molecule has 0 fully saturated rings. The summed E-state index contributed by atoms with van der Waals surface area (Å²) in [7, 11) is -4.34. The predicted molar refractivity (Wildman–Crippen MR) is 94.7 cm³/mol. The van der Waals surface area contributed by atoms with Gasteiger partial charge in [0, 0.05) is 0 Å². The van der Waals surface area contributed by atoms with Crippen LogP contribution in [0.15, 0.2) is 29.2 Å². The molecular weight excluding hydrogens is 331 g/mol. The average molecular weight is 363 g/mol. The standard InChI is InChI=1S/C19H32O3S.Na/c1-3-5-6-7-8-9-10-11-12-17(4-2)18-13-15-19(16-14-18)23(20,21)22;/h13-17H,3-12H2,1-2H3,(H,20,21,22);/q;+1/p-1. The molecule has 0 N–H and O–H groups in total. The van der Waals surface area contributed by atoms with Crippen LogP contribution < -0.4 is 29.6 Å². The van der Waals surface area contributed by atoms with Crippen molar-refractivity contribution in [1.82, 2.24) is 0 Å². The van der Waals surface area contributed by atoms with Crippen molar-refractivity contribution in [2.45, 2.75) is 88.9 Å². The van der Waals surface area contributed by atoms with Gasteiger partial charge in [-0.3, -0.25) is 0 Å². The molecule has 1 rings (SSSR count). The molecule has 0 saturated carbocycles. The minimum atomic E-state index is -4.34. The zero-order chi connectivity index (χ0) is 17.1. The van der Waals surface area contributed by atoms with Gasteiger partial charge in [-0.05, 0) is 36.5 Å². The monoisotopic (exact) mass is 362 g/mol. The zero-order valence-electron chi connectivity index (χ0n) is 15.6. The summed E-state index contributed by atoms with van der Waals surface area (Å²) in [6.45, 7) is 4.40. The summed E-state index contributed by atoms with van der Waals surface area (Å²) in [5.74, 6) is 0.457. The van der Waals surface area contributed by atoms with Crippen molar-refractivity contribution in [1.29, 1.82) is 0 Å². The van der Waals surface area contributed by atoms with Crippen molar-refractivity contribution >= 4 is 10.1 Å². The number of hydrogen-bond acceptors (Lipinski definition) is 3. The Morgan fingerprint density at radius 2 is 1.38 bits per heavy atom. The second-order valence-corrected chi connectivity index (χ2v) is 7.77. The largest absolute Gasteiger partial charge is 1.00 e. The molecule has 0 amide bonds. The summed E-state index contributed by atoms with van der Waals surface area (Å²) in [4.78, 5) is -0.136. The van der Waals surface area contributed by atoms with Gasteiger partial charge in [0.05, 0.1) is 4.90 Å². The first-order chi connectivity index (χ1) is 11.0. The zero-order valence-corrected chi connectivity index (χ0v) is 18.4. The summed E-state index contributed by atoms with van der Waals surface area (Å²) in [6.07, 6.45) is 12.7. The van der Waals surface area contributed by atoms with E-state index >= 15 is 0 Å². The van der Waals surface area contributed by atoms with Crippen LogP contribution in [0.2, 0.25) is 0 Å². The Hall–Kier alpha value is 0.130. The molecule has 0 bridgehead atoms. The number of rotatable bonds is 12. The van der Waals surface area contributed by atoms with Gasteiger partial charge in [0.1, 0.15) is 10.1 Å². The Bertz CT molecular complexity index is 526. The average Bonchev–Trinajstić information content (AvgIpc) is 2.53. The van der Waals surface area contributed by atoms with E-state index in [-0.39, 0.29) is 34.5 Å². The SMILES string of the molecule is CCCCCCCCCCC(CC)c1ccc(S(=O)(=O)[O-])cc1.[Na+]. The topological polar surface area (TPSA) is 57.2 Å². The number of hydrogen-bond donors (Lipinski definition) is 0. The predicted octanol–water partition coefficient (Wildman–Crippen LogP) is 2.62. The molecular formula is C19H31NaO3S. The van der Waals surface area contributed by atoms with E-state index in [1.807, 2.05) is 0 Å². The molecule has 0 radical (unpaired) electrons. The van der Waals surface area contributed by atoms with Gasteiger partial charge < -0.3 is 4.55 Å². The third-order valence-electron chi connectivity index (χ3n) is 4.54. The molecule has 5 heteroatoms. The second-order valence-electron chi connectivity index (χ2n) is 6.39. The van der Waals surface area contributed by atoms with Gasteiger partial charge in [0.2, 0.25) is 0 Å². The first-order valence-electron chi connectivity index (χ1n) is 9.04. The van der Waals surface area contributed by atoms with Gasteiger partial charge >= 0.3 is 29.6 Å². The first kappa shape index (κ1) is 24.1. The maximum atomic E-state index is 11.0. The Kier molecular flexibility index (Phi) is 13.4. The summed E-state index contributed by atoms with van der Waals surface area (Å²) in [5, 5.41) is 0.